The average molecular weight is 296 g/mol. The van der Waals surface area contributed by atoms with Crippen molar-refractivity contribution in [2.75, 3.05) is 38.2 Å². The molecule has 1 fully saturated rings. The average Bonchev–Trinajstić information content (AvgIpc) is 2.56. The van der Waals surface area contributed by atoms with Crippen molar-refractivity contribution < 1.29 is 4.74 Å². The minimum atomic E-state index is 0.974. The van der Waals surface area contributed by atoms with Gasteiger partial charge in [0, 0.05) is 32.7 Å². The molecule has 0 aromatic heterocycles. The van der Waals surface area contributed by atoms with E-state index in [0.717, 1.165) is 38.5 Å². The van der Waals surface area contributed by atoms with Gasteiger partial charge in [-0.25, -0.2) is 0 Å². The maximum absolute atomic E-state index is 5.52. The molecule has 22 heavy (non-hydrogen) atoms. The van der Waals surface area contributed by atoms with Gasteiger partial charge in [0.25, 0.3) is 0 Å². The molecule has 0 bridgehead atoms. The van der Waals surface area contributed by atoms with E-state index >= 15 is 0 Å². The Bertz CT molecular complexity index is 604. The number of ether oxygens (including phenoxy) is 1. The first-order chi connectivity index (χ1) is 10.8. The third-order valence-corrected chi connectivity index (χ3v) is 4.30. The standard InChI is InChI=1S/C19H24N2O/c1-16-8-9-19(22-2)18(14-16)21-12-10-20(11-13-21)15-17-6-4-3-5-7-17/h3-9,14H,10-13,15H2,1-2H3. The van der Waals surface area contributed by atoms with Crippen molar-refractivity contribution in [1.82, 2.24) is 4.90 Å². The molecule has 1 saturated heterocycles. The Labute approximate surface area is 133 Å². The number of benzene rings is 2. The molecule has 116 valence electrons. The lowest BCUT2D eigenvalue weighted by molar-refractivity contribution is 0.249. The second-order valence-electron chi connectivity index (χ2n) is 5.92. The van der Waals surface area contributed by atoms with E-state index in [2.05, 4.69) is 65.3 Å². The number of rotatable bonds is 4. The van der Waals surface area contributed by atoms with Gasteiger partial charge in [0.2, 0.25) is 0 Å². The summed E-state index contributed by atoms with van der Waals surface area (Å²) in [5.41, 5.74) is 3.90. The van der Waals surface area contributed by atoms with Crippen molar-refractivity contribution >= 4 is 5.69 Å². The largest absolute Gasteiger partial charge is 0.495 e. The monoisotopic (exact) mass is 296 g/mol. The Morgan fingerprint density at radius 2 is 1.68 bits per heavy atom. The zero-order chi connectivity index (χ0) is 15.4. The van der Waals surface area contributed by atoms with Gasteiger partial charge in [-0.05, 0) is 30.2 Å². The molecule has 0 atom stereocenters. The molecule has 0 saturated carbocycles. The molecule has 2 aromatic rings. The third-order valence-electron chi connectivity index (χ3n) is 4.30. The molecule has 3 rings (SSSR count). The molecule has 1 aliphatic rings. The Balaban J connectivity index is 1.63. The first-order valence-corrected chi connectivity index (χ1v) is 7.92. The predicted molar refractivity (Wildman–Crippen MR) is 91.7 cm³/mol. The molecule has 1 heterocycles. The van der Waals surface area contributed by atoms with Gasteiger partial charge in [-0.1, -0.05) is 36.4 Å². The van der Waals surface area contributed by atoms with Crippen molar-refractivity contribution in [3.8, 4) is 5.75 Å². The quantitative estimate of drug-likeness (QED) is 0.861. The van der Waals surface area contributed by atoms with E-state index in [1.807, 2.05) is 0 Å². The van der Waals surface area contributed by atoms with Crippen LogP contribution >= 0.6 is 0 Å². The first-order valence-electron chi connectivity index (χ1n) is 7.92. The van der Waals surface area contributed by atoms with Crippen LogP contribution in [0.4, 0.5) is 5.69 Å². The van der Waals surface area contributed by atoms with Crippen LogP contribution < -0.4 is 9.64 Å². The summed E-state index contributed by atoms with van der Waals surface area (Å²) in [7, 11) is 1.75. The molecule has 0 spiro atoms. The van der Waals surface area contributed by atoms with E-state index in [-0.39, 0.29) is 0 Å². The summed E-state index contributed by atoms with van der Waals surface area (Å²) >= 11 is 0. The molecule has 0 N–H and O–H groups in total. The van der Waals surface area contributed by atoms with Gasteiger partial charge in [0.05, 0.1) is 12.8 Å². The van der Waals surface area contributed by atoms with E-state index < -0.39 is 0 Å². The van der Waals surface area contributed by atoms with Crippen LogP contribution in [0.3, 0.4) is 0 Å². The van der Waals surface area contributed by atoms with Crippen LogP contribution in [0.5, 0.6) is 5.75 Å². The molecular formula is C19H24N2O. The lowest BCUT2D eigenvalue weighted by Gasteiger charge is -2.36. The van der Waals surface area contributed by atoms with Gasteiger partial charge >= 0.3 is 0 Å². The fraction of sp³-hybridized carbons (Fsp3) is 0.368. The van der Waals surface area contributed by atoms with Crippen molar-refractivity contribution in [2.24, 2.45) is 0 Å². The first kappa shape index (κ1) is 14.9. The highest BCUT2D eigenvalue weighted by atomic mass is 16.5. The number of hydrogen-bond acceptors (Lipinski definition) is 3. The Hall–Kier alpha value is -2.00. The molecule has 1 aliphatic heterocycles. The minimum Gasteiger partial charge on any atom is -0.495 e. The van der Waals surface area contributed by atoms with Gasteiger partial charge in [0.15, 0.2) is 0 Å². The summed E-state index contributed by atoms with van der Waals surface area (Å²) in [5.74, 6) is 0.974. The van der Waals surface area contributed by atoms with E-state index in [4.69, 9.17) is 4.74 Å². The summed E-state index contributed by atoms with van der Waals surface area (Å²) in [6.07, 6.45) is 0. The fourth-order valence-electron chi connectivity index (χ4n) is 3.04. The van der Waals surface area contributed by atoms with Crippen molar-refractivity contribution in [3.05, 3.63) is 59.7 Å². The Morgan fingerprint density at radius 1 is 0.955 bits per heavy atom. The fourth-order valence-corrected chi connectivity index (χ4v) is 3.04. The highest BCUT2D eigenvalue weighted by Crippen LogP contribution is 2.30. The SMILES string of the molecule is COc1ccc(C)cc1N1CCN(Cc2ccccc2)CC1. The maximum atomic E-state index is 5.52. The topological polar surface area (TPSA) is 15.7 Å². The number of aryl methyl sites for hydroxylation is 1. The van der Waals surface area contributed by atoms with Crippen LogP contribution in [0, 0.1) is 6.92 Å². The second kappa shape index (κ2) is 6.84. The van der Waals surface area contributed by atoms with Crippen LogP contribution in [0.15, 0.2) is 48.5 Å². The highest BCUT2D eigenvalue weighted by Gasteiger charge is 2.19. The smallest absolute Gasteiger partial charge is 0.142 e. The summed E-state index contributed by atoms with van der Waals surface area (Å²) in [4.78, 5) is 4.96. The van der Waals surface area contributed by atoms with E-state index in [0.29, 0.717) is 0 Å². The normalized spacial score (nSPS) is 15.8. The Morgan fingerprint density at radius 3 is 2.36 bits per heavy atom. The molecule has 3 heteroatoms. The number of hydrogen-bond donors (Lipinski definition) is 0. The zero-order valence-electron chi connectivity index (χ0n) is 13.5. The number of piperazine rings is 1. The van der Waals surface area contributed by atoms with Gasteiger partial charge in [-0.2, -0.15) is 0 Å². The maximum Gasteiger partial charge on any atom is 0.142 e. The molecule has 0 unspecified atom stereocenters. The lowest BCUT2D eigenvalue weighted by Crippen LogP contribution is -2.46. The van der Waals surface area contributed by atoms with Gasteiger partial charge in [-0.15, -0.1) is 0 Å². The summed E-state index contributed by atoms with van der Waals surface area (Å²) in [6, 6.07) is 17.1. The molecule has 3 nitrogen and oxygen atoms in total. The molecule has 2 aromatic carbocycles. The number of nitrogens with zero attached hydrogens (tertiary/aromatic N) is 2. The van der Waals surface area contributed by atoms with E-state index in [9.17, 15) is 0 Å². The van der Waals surface area contributed by atoms with Crippen LogP contribution in [0.1, 0.15) is 11.1 Å². The van der Waals surface area contributed by atoms with Crippen molar-refractivity contribution in [3.63, 3.8) is 0 Å². The summed E-state index contributed by atoms with van der Waals surface area (Å²) < 4.78 is 5.52. The van der Waals surface area contributed by atoms with Crippen LogP contribution in [0.2, 0.25) is 0 Å². The van der Waals surface area contributed by atoms with Crippen LogP contribution in [-0.2, 0) is 6.54 Å². The van der Waals surface area contributed by atoms with E-state index in [1.165, 1.54) is 16.8 Å². The third kappa shape index (κ3) is 3.42. The summed E-state index contributed by atoms with van der Waals surface area (Å²) in [5, 5.41) is 0. The molecule has 0 radical (unpaired) electrons. The zero-order valence-corrected chi connectivity index (χ0v) is 13.5. The highest BCUT2D eigenvalue weighted by molar-refractivity contribution is 5.60. The van der Waals surface area contributed by atoms with E-state index in [1.54, 1.807) is 7.11 Å². The van der Waals surface area contributed by atoms with Gasteiger partial charge in [0.1, 0.15) is 5.75 Å². The van der Waals surface area contributed by atoms with Crippen molar-refractivity contribution in [2.45, 2.75) is 13.5 Å². The van der Waals surface area contributed by atoms with Gasteiger partial charge in [-0.3, -0.25) is 4.90 Å². The van der Waals surface area contributed by atoms with Crippen LogP contribution in [0.25, 0.3) is 0 Å². The predicted octanol–water partition coefficient (Wildman–Crippen LogP) is 3.33. The minimum absolute atomic E-state index is 0.974. The molecule has 0 aliphatic carbocycles. The van der Waals surface area contributed by atoms with Crippen LogP contribution in [-0.4, -0.2) is 38.2 Å². The lowest BCUT2D eigenvalue weighted by atomic mass is 10.1. The molecular weight excluding hydrogens is 272 g/mol. The Kier molecular flexibility index (Phi) is 4.64. The van der Waals surface area contributed by atoms with Gasteiger partial charge < -0.3 is 9.64 Å². The number of methoxy groups -OCH3 is 1. The second-order valence-corrected chi connectivity index (χ2v) is 5.92. The van der Waals surface area contributed by atoms with Crippen molar-refractivity contribution in [1.29, 1.82) is 0 Å². The number of anilines is 1. The molecule has 0 amide bonds. The summed E-state index contributed by atoms with van der Waals surface area (Å²) in [6.45, 7) is 7.45.